The normalized spacial score (nSPS) is 24.3. The maximum absolute atomic E-state index is 12.8. The average molecular weight is 342 g/mol. The first-order valence-corrected chi connectivity index (χ1v) is 8.73. The molecule has 3 amide bonds. The number of nitrogens with zero attached hydrogens (tertiary/aromatic N) is 1. The maximum Gasteiger partial charge on any atom is 0.255 e. The zero-order chi connectivity index (χ0) is 17.6. The fourth-order valence-electron chi connectivity index (χ4n) is 3.70. The summed E-state index contributed by atoms with van der Waals surface area (Å²) in [5.41, 5.74) is 8.56. The Kier molecular flexibility index (Phi) is 3.85. The number of imide groups is 1. The van der Waals surface area contributed by atoms with E-state index in [-0.39, 0.29) is 29.7 Å². The lowest BCUT2D eigenvalue weighted by atomic mass is 10.0. The summed E-state index contributed by atoms with van der Waals surface area (Å²) in [6.45, 7) is 1.69. The SMILES string of the molecule is NCC1(NCc2cccc3c2CN(C2CCC(=O)NC2=O)C3=O)CC1. The predicted octanol–water partition coefficient (Wildman–Crippen LogP) is 0.0285. The summed E-state index contributed by atoms with van der Waals surface area (Å²) in [5.74, 6) is -0.782. The molecule has 0 aromatic heterocycles. The molecule has 2 aliphatic heterocycles. The minimum Gasteiger partial charge on any atom is -0.329 e. The number of hydrogen-bond donors (Lipinski definition) is 3. The third-order valence-corrected chi connectivity index (χ3v) is 5.58. The van der Waals surface area contributed by atoms with Crippen LogP contribution in [0.4, 0.5) is 0 Å². The van der Waals surface area contributed by atoms with Gasteiger partial charge < -0.3 is 16.0 Å². The largest absolute Gasteiger partial charge is 0.329 e. The van der Waals surface area contributed by atoms with Gasteiger partial charge in [-0.1, -0.05) is 12.1 Å². The van der Waals surface area contributed by atoms with Crippen molar-refractivity contribution in [2.45, 2.75) is 50.4 Å². The van der Waals surface area contributed by atoms with Crippen LogP contribution >= 0.6 is 0 Å². The van der Waals surface area contributed by atoms with Gasteiger partial charge in [0, 0.05) is 37.2 Å². The summed E-state index contributed by atoms with van der Waals surface area (Å²) in [7, 11) is 0. The Morgan fingerprint density at radius 2 is 2.08 bits per heavy atom. The standard InChI is InChI=1S/C18H22N4O3/c19-10-18(6-7-18)20-8-11-2-1-3-12-13(11)9-22(17(12)25)14-4-5-15(23)21-16(14)24/h1-3,14,20H,4-10,19H2,(H,21,23,24). The Bertz CT molecular complexity index is 757. The van der Waals surface area contributed by atoms with E-state index in [9.17, 15) is 14.4 Å². The minimum atomic E-state index is -0.572. The van der Waals surface area contributed by atoms with Crippen LogP contribution in [-0.4, -0.2) is 40.7 Å². The topological polar surface area (TPSA) is 105 Å². The second-order valence-electron chi connectivity index (χ2n) is 7.18. The highest BCUT2D eigenvalue weighted by Crippen LogP contribution is 2.35. The Morgan fingerprint density at radius 1 is 1.28 bits per heavy atom. The molecule has 0 spiro atoms. The highest BCUT2D eigenvalue weighted by molar-refractivity contribution is 6.05. The van der Waals surface area contributed by atoms with E-state index in [1.165, 1.54) is 0 Å². The molecule has 0 radical (unpaired) electrons. The van der Waals surface area contributed by atoms with Gasteiger partial charge in [0.2, 0.25) is 11.8 Å². The molecule has 1 aromatic rings. The van der Waals surface area contributed by atoms with Crippen LogP contribution < -0.4 is 16.4 Å². The second kappa shape index (κ2) is 5.93. The van der Waals surface area contributed by atoms with Crippen LogP contribution in [0.3, 0.4) is 0 Å². The van der Waals surface area contributed by atoms with Crippen LogP contribution in [-0.2, 0) is 22.7 Å². The number of nitrogens with two attached hydrogens (primary N) is 1. The van der Waals surface area contributed by atoms with Crippen LogP contribution in [0, 0.1) is 0 Å². The van der Waals surface area contributed by atoms with Crippen molar-refractivity contribution in [3.63, 3.8) is 0 Å². The van der Waals surface area contributed by atoms with Gasteiger partial charge in [-0.3, -0.25) is 19.7 Å². The Labute approximate surface area is 145 Å². The van der Waals surface area contributed by atoms with E-state index in [4.69, 9.17) is 5.73 Å². The van der Waals surface area contributed by atoms with Crippen molar-refractivity contribution in [1.29, 1.82) is 0 Å². The maximum atomic E-state index is 12.8. The molecule has 1 saturated heterocycles. The lowest BCUT2D eigenvalue weighted by molar-refractivity contribution is -0.136. The van der Waals surface area contributed by atoms with E-state index in [0.29, 0.717) is 31.6 Å². The molecule has 2 heterocycles. The van der Waals surface area contributed by atoms with Crippen molar-refractivity contribution >= 4 is 17.7 Å². The first-order valence-electron chi connectivity index (χ1n) is 8.73. The van der Waals surface area contributed by atoms with Gasteiger partial charge in [-0.05, 0) is 36.5 Å². The fraction of sp³-hybridized carbons (Fsp3) is 0.500. The number of carbonyl (C=O) groups excluding carboxylic acids is 3. The van der Waals surface area contributed by atoms with Crippen LogP contribution in [0.25, 0.3) is 0 Å². The van der Waals surface area contributed by atoms with E-state index in [1.807, 2.05) is 18.2 Å². The van der Waals surface area contributed by atoms with Gasteiger partial charge in [0.25, 0.3) is 5.91 Å². The van der Waals surface area contributed by atoms with Gasteiger partial charge in [-0.2, -0.15) is 0 Å². The fourth-order valence-corrected chi connectivity index (χ4v) is 3.70. The summed E-state index contributed by atoms with van der Waals surface area (Å²) in [6.07, 6.45) is 2.82. The van der Waals surface area contributed by atoms with Crippen molar-refractivity contribution in [3.05, 3.63) is 34.9 Å². The summed E-state index contributed by atoms with van der Waals surface area (Å²) < 4.78 is 0. The monoisotopic (exact) mass is 342 g/mol. The molecule has 1 aromatic carbocycles. The van der Waals surface area contributed by atoms with Crippen molar-refractivity contribution in [1.82, 2.24) is 15.5 Å². The number of benzene rings is 1. The molecule has 4 rings (SSSR count). The molecular weight excluding hydrogens is 320 g/mol. The average Bonchev–Trinajstić information content (AvgIpc) is 3.31. The molecule has 132 valence electrons. The lowest BCUT2D eigenvalue weighted by Gasteiger charge is -2.29. The van der Waals surface area contributed by atoms with Gasteiger partial charge in [0.15, 0.2) is 0 Å². The lowest BCUT2D eigenvalue weighted by Crippen LogP contribution is -2.52. The molecule has 1 atom stereocenters. The zero-order valence-electron chi connectivity index (χ0n) is 14.0. The van der Waals surface area contributed by atoms with E-state index in [0.717, 1.165) is 24.0 Å². The third-order valence-electron chi connectivity index (χ3n) is 5.58. The molecular formula is C18H22N4O3. The Balaban J connectivity index is 1.53. The van der Waals surface area contributed by atoms with Crippen molar-refractivity contribution in [2.24, 2.45) is 5.73 Å². The minimum absolute atomic E-state index is 0.0502. The van der Waals surface area contributed by atoms with Gasteiger partial charge in [0.05, 0.1) is 0 Å². The van der Waals surface area contributed by atoms with Gasteiger partial charge >= 0.3 is 0 Å². The van der Waals surface area contributed by atoms with E-state index in [2.05, 4.69) is 10.6 Å². The summed E-state index contributed by atoms with van der Waals surface area (Å²) in [6, 6.07) is 5.13. The van der Waals surface area contributed by atoms with Crippen molar-refractivity contribution in [3.8, 4) is 0 Å². The summed E-state index contributed by atoms with van der Waals surface area (Å²) >= 11 is 0. The van der Waals surface area contributed by atoms with Crippen LogP contribution in [0.15, 0.2) is 18.2 Å². The molecule has 1 aliphatic carbocycles. The number of rotatable bonds is 5. The number of nitrogens with one attached hydrogen (secondary N) is 2. The van der Waals surface area contributed by atoms with Crippen molar-refractivity contribution < 1.29 is 14.4 Å². The first-order chi connectivity index (χ1) is 12.0. The van der Waals surface area contributed by atoms with Crippen LogP contribution in [0.1, 0.15) is 47.2 Å². The number of piperidine rings is 1. The van der Waals surface area contributed by atoms with Gasteiger partial charge in [-0.15, -0.1) is 0 Å². The highest BCUT2D eigenvalue weighted by atomic mass is 16.2. The van der Waals surface area contributed by atoms with E-state index < -0.39 is 6.04 Å². The molecule has 1 unspecified atom stereocenters. The molecule has 7 nitrogen and oxygen atoms in total. The van der Waals surface area contributed by atoms with E-state index >= 15 is 0 Å². The number of fused-ring (bicyclic) bond motifs is 1. The summed E-state index contributed by atoms with van der Waals surface area (Å²) in [5, 5.41) is 5.84. The van der Waals surface area contributed by atoms with E-state index in [1.54, 1.807) is 4.90 Å². The molecule has 1 saturated carbocycles. The quantitative estimate of drug-likeness (QED) is 0.655. The first kappa shape index (κ1) is 16.2. The second-order valence-corrected chi connectivity index (χ2v) is 7.18. The van der Waals surface area contributed by atoms with Gasteiger partial charge in [-0.25, -0.2) is 0 Å². The number of carbonyl (C=O) groups is 3. The zero-order valence-corrected chi connectivity index (χ0v) is 14.0. The Hall–Kier alpha value is -2.25. The van der Waals surface area contributed by atoms with Crippen LogP contribution in [0.2, 0.25) is 0 Å². The number of amides is 3. The summed E-state index contributed by atoms with van der Waals surface area (Å²) in [4.78, 5) is 37.8. The predicted molar refractivity (Wildman–Crippen MR) is 90.3 cm³/mol. The van der Waals surface area contributed by atoms with Crippen molar-refractivity contribution in [2.75, 3.05) is 6.54 Å². The molecule has 2 fully saturated rings. The smallest absolute Gasteiger partial charge is 0.255 e. The molecule has 4 N–H and O–H groups in total. The van der Waals surface area contributed by atoms with Crippen LogP contribution in [0.5, 0.6) is 0 Å². The third kappa shape index (κ3) is 2.83. The molecule has 3 aliphatic rings. The number of hydrogen-bond acceptors (Lipinski definition) is 5. The Morgan fingerprint density at radius 3 is 2.76 bits per heavy atom. The highest BCUT2D eigenvalue weighted by Gasteiger charge is 2.42. The molecule has 0 bridgehead atoms. The molecule has 7 heteroatoms. The van der Waals surface area contributed by atoms with Gasteiger partial charge in [0.1, 0.15) is 6.04 Å². The molecule has 25 heavy (non-hydrogen) atoms.